The first-order valence-electron chi connectivity index (χ1n) is 5.84. The van der Waals surface area contributed by atoms with Crippen molar-refractivity contribution in [3.63, 3.8) is 0 Å². The van der Waals surface area contributed by atoms with Gasteiger partial charge in [-0.15, -0.1) is 0 Å². The summed E-state index contributed by atoms with van der Waals surface area (Å²) in [5, 5.41) is 5.93. The van der Waals surface area contributed by atoms with Crippen molar-refractivity contribution in [1.29, 1.82) is 0 Å². The predicted molar refractivity (Wildman–Crippen MR) is 61.8 cm³/mol. The molecule has 88 valence electrons. The Morgan fingerprint density at radius 2 is 2.33 bits per heavy atom. The summed E-state index contributed by atoms with van der Waals surface area (Å²) in [5.41, 5.74) is 0. The first-order chi connectivity index (χ1) is 7.17. The van der Waals surface area contributed by atoms with Crippen molar-refractivity contribution in [3.8, 4) is 0 Å². The van der Waals surface area contributed by atoms with Gasteiger partial charge in [0.15, 0.2) is 0 Å². The van der Waals surface area contributed by atoms with Crippen molar-refractivity contribution in [1.82, 2.24) is 15.5 Å². The summed E-state index contributed by atoms with van der Waals surface area (Å²) in [6.45, 7) is 8.57. The number of carbonyl (C=O) groups excluding carboxylic acids is 1. The molecular weight excluding hydrogens is 190 g/mol. The molecule has 2 N–H and O–H groups in total. The summed E-state index contributed by atoms with van der Waals surface area (Å²) in [5.74, 6) is 0.775. The van der Waals surface area contributed by atoms with Crippen molar-refractivity contribution in [2.75, 3.05) is 33.2 Å². The van der Waals surface area contributed by atoms with Gasteiger partial charge < -0.3 is 15.5 Å². The fourth-order valence-electron chi connectivity index (χ4n) is 2.02. The second-order valence-electron chi connectivity index (χ2n) is 4.29. The Hall–Kier alpha value is -0.610. The number of likely N-dealkylation sites (N-methyl/N-ethyl adjacent to an activating group) is 1. The Bertz CT molecular complexity index is 208. The van der Waals surface area contributed by atoms with Crippen LogP contribution in [-0.2, 0) is 4.79 Å². The summed E-state index contributed by atoms with van der Waals surface area (Å²) in [6, 6.07) is -0.0781. The van der Waals surface area contributed by atoms with Crippen LogP contribution in [0, 0.1) is 5.92 Å². The first-order valence-corrected chi connectivity index (χ1v) is 5.84. The van der Waals surface area contributed by atoms with Gasteiger partial charge in [-0.1, -0.05) is 6.92 Å². The van der Waals surface area contributed by atoms with Gasteiger partial charge in [0.1, 0.15) is 0 Å². The van der Waals surface area contributed by atoms with E-state index in [4.69, 9.17) is 0 Å². The number of likely N-dealkylation sites (tertiary alicyclic amines) is 1. The van der Waals surface area contributed by atoms with Crippen LogP contribution < -0.4 is 10.6 Å². The van der Waals surface area contributed by atoms with E-state index in [2.05, 4.69) is 22.5 Å². The fraction of sp³-hybridized carbons (Fsp3) is 0.909. The van der Waals surface area contributed by atoms with Crippen molar-refractivity contribution < 1.29 is 4.79 Å². The lowest BCUT2D eigenvalue weighted by Gasteiger charge is -2.16. The van der Waals surface area contributed by atoms with Crippen LogP contribution in [0.4, 0.5) is 0 Å². The largest absolute Gasteiger partial charge is 0.358 e. The highest BCUT2D eigenvalue weighted by Crippen LogP contribution is 2.14. The molecule has 2 atom stereocenters. The minimum atomic E-state index is -0.0781. The molecular formula is C11H23N3O. The summed E-state index contributed by atoms with van der Waals surface area (Å²) < 4.78 is 0. The molecule has 15 heavy (non-hydrogen) atoms. The Balaban J connectivity index is 2.18. The van der Waals surface area contributed by atoms with Crippen LogP contribution in [0.15, 0.2) is 0 Å². The van der Waals surface area contributed by atoms with E-state index >= 15 is 0 Å². The summed E-state index contributed by atoms with van der Waals surface area (Å²) >= 11 is 0. The Kier molecular flexibility index (Phi) is 5.05. The van der Waals surface area contributed by atoms with Gasteiger partial charge in [0.25, 0.3) is 0 Å². The van der Waals surface area contributed by atoms with E-state index in [0.29, 0.717) is 5.92 Å². The average molecular weight is 213 g/mol. The molecule has 0 aromatic heterocycles. The molecule has 0 aromatic carbocycles. The van der Waals surface area contributed by atoms with Crippen LogP contribution >= 0.6 is 0 Å². The minimum absolute atomic E-state index is 0.0698. The number of nitrogens with zero attached hydrogens (tertiary/aromatic N) is 1. The van der Waals surface area contributed by atoms with E-state index in [1.807, 2.05) is 6.92 Å². The minimum Gasteiger partial charge on any atom is -0.358 e. The molecule has 4 nitrogen and oxygen atoms in total. The van der Waals surface area contributed by atoms with Gasteiger partial charge in [0.2, 0.25) is 5.91 Å². The van der Waals surface area contributed by atoms with Gasteiger partial charge >= 0.3 is 0 Å². The maximum absolute atomic E-state index is 11.3. The molecule has 0 bridgehead atoms. The quantitative estimate of drug-likeness (QED) is 0.678. The average Bonchev–Trinajstić information content (AvgIpc) is 2.72. The smallest absolute Gasteiger partial charge is 0.236 e. The van der Waals surface area contributed by atoms with Crippen LogP contribution in [-0.4, -0.2) is 50.1 Å². The third-order valence-corrected chi connectivity index (χ3v) is 3.17. The summed E-state index contributed by atoms with van der Waals surface area (Å²) in [4.78, 5) is 13.7. The van der Waals surface area contributed by atoms with Gasteiger partial charge in [-0.05, 0) is 38.9 Å². The van der Waals surface area contributed by atoms with Crippen LogP contribution in [0.3, 0.4) is 0 Å². The normalized spacial score (nSPS) is 24.1. The van der Waals surface area contributed by atoms with Gasteiger partial charge in [-0.25, -0.2) is 0 Å². The number of hydrogen-bond donors (Lipinski definition) is 2. The summed E-state index contributed by atoms with van der Waals surface area (Å²) in [7, 11) is 1.68. The van der Waals surface area contributed by atoms with Crippen molar-refractivity contribution in [3.05, 3.63) is 0 Å². The Morgan fingerprint density at radius 3 is 2.87 bits per heavy atom. The molecule has 0 saturated carbocycles. The molecule has 1 fully saturated rings. The first kappa shape index (κ1) is 12.5. The SMILES string of the molecule is CCN1CCC(CNC(C)C(=O)NC)C1. The van der Waals surface area contributed by atoms with Crippen LogP contribution in [0.25, 0.3) is 0 Å². The number of rotatable bonds is 5. The molecule has 1 saturated heterocycles. The second-order valence-corrected chi connectivity index (χ2v) is 4.29. The van der Waals surface area contributed by atoms with E-state index in [1.165, 1.54) is 19.5 Å². The maximum atomic E-state index is 11.3. The molecule has 4 heteroatoms. The van der Waals surface area contributed by atoms with E-state index in [0.717, 1.165) is 13.1 Å². The lowest BCUT2D eigenvalue weighted by atomic mass is 10.1. The summed E-state index contributed by atoms with van der Waals surface area (Å²) in [6.07, 6.45) is 1.25. The molecule has 1 amide bonds. The molecule has 0 spiro atoms. The van der Waals surface area contributed by atoms with Gasteiger partial charge in [0.05, 0.1) is 6.04 Å². The fourth-order valence-corrected chi connectivity index (χ4v) is 2.02. The van der Waals surface area contributed by atoms with E-state index in [1.54, 1.807) is 7.05 Å². The van der Waals surface area contributed by atoms with Crippen molar-refractivity contribution in [2.45, 2.75) is 26.3 Å². The topological polar surface area (TPSA) is 44.4 Å². The van der Waals surface area contributed by atoms with Crippen LogP contribution in [0.1, 0.15) is 20.3 Å². The molecule has 0 radical (unpaired) electrons. The van der Waals surface area contributed by atoms with E-state index in [9.17, 15) is 4.79 Å². The Labute approximate surface area is 92.4 Å². The van der Waals surface area contributed by atoms with E-state index in [-0.39, 0.29) is 11.9 Å². The highest BCUT2D eigenvalue weighted by molar-refractivity contribution is 5.80. The number of amides is 1. The number of carbonyl (C=O) groups is 1. The third kappa shape index (κ3) is 3.80. The highest BCUT2D eigenvalue weighted by Gasteiger charge is 2.21. The third-order valence-electron chi connectivity index (χ3n) is 3.17. The van der Waals surface area contributed by atoms with Crippen LogP contribution in [0.5, 0.6) is 0 Å². The van der Waals surface area contributed by atoms with Crippen molar-refractivity contribution >= 4 is 5.91 Å². The molecule has 1 aliphatic rings. The van der Waals surface area contributed by atoms with Gasteiger partial charge in [0, 0.05) is 13.6 Å². The standard InChI is InChI=1S/C11H23N3O/c1-4-14-6-5-10(8-14)7-13-9(2)11(15)12-3/h9-10,13H,4-8H2,1-3H3,(H,12,15). The van der Waals surface area contributed by atoms with Gasteiger partial charge in [-0.2, -0.15) is 0 Å². The lowest BCUT2D eigenvalue weighted by Crippen LogP contribution is -2.42. The zero-order valence-corrected chi connectivity index (χ0v) is 10.0. The molecule has 1 rings (SSSR count). The molecule has 2 unspecified atom stereocenters. The second kappa shape index (κ2) is 6.08. The maximum Gasteiger partial charge on any atom is 0.236 e. The monoisotopic (exact) mass is 213 g/mol. The van der Waals surface area contributed by atoms with Crippen LogP contribution in [0.2, 0.25) is 0 Å². The molecule has 0 aromatic rings. The van der Waals surface area contributed by atoms with Crippen molar-refractivity contribution in [2.24, 2.45) is 5.92 Å². The number of hydrogen-bond acceptors (Lipinski definition) is 3. The zero-order chi connectivity index (χ0) is 11.3. The number of nitrogens with one attached hydrogen (secondary N) is 2. The molecule has 0 aliphatic carbocycles. The Morgan fingerprint density at radius 1 is 1.60 bits per heavy atom. The van der Waals surface area contributed by atoms with E-state index < -0.39 is 0 Å². The lowest BCUT2D eigenvalue weighted by molar-refractivity contribution is -0.122. The van der Waals surface area contributed by atoms with Gasteiger partial charge in [-0.3, -0.25) is 4.79 Å². The zero-order valence-electron chi connectivity index (χ0n) is 10.0. The molecule has 1 heterocycles. The highest BCUT2D eigenvalue weighted by atomic mass is 16.2. The predicted octanol–water partition coefficient (Wildman–Crippen LogP) is 0.0523. The molecule has 1 aliphatic heterocycles.